The largest absolute Gasteiger partial charge is 0.344 e. The fraction of sp³-hybridized carbons (Fsp3) is 0.654. The van der Waals surface area contributed by atoms with Gasteiger partial charge in [0, 0.05) is 42.3 Å². The average molecular weight is 493 g/mol. The molecule has 1 aromatic carbocycles. The van der Waals surface area contributed by atoms with Gasteiger partial charge < -0.3 is 20.4 Å². The molecule has 1 aliphatic rings. The van der Waals surface area contributed by atoms with Crippen LogP contribution in [0.25, 0.3) is 0 Å². The molecule has 34 heavy (non-hydrogen) atoms. The molecule has 1 saturated heterocycles. The lowest BCUT2D eigenvalue weighted by Crippen LogP contribution is -2.60. The molecule has 1 fully saturated rings. The van der Waals surface area contributed by atoms with Gasteiger partial charge >= 0.3 is 6.03 Å². The molecule has 1 heterocycles. The minimum Gasteiger partial charge on any atom is -0.344 e. The van der Waals surface area contributed by atoms with Crippen LogP contribution in [0.2, 0.25) is 5.02 Å². The molecule has 0 aliphatic carbocycles. The summed E-state index contributed by atoms with van der Waals surface area (Å²) in [5, 5.41) is 6.51. The number of anilines is 1. The molecular formula is C26H41ClN4O3. The van der Waals surface area contributed by atoms with Gasteiger partial charge in [0.1, 0.15) is 6.04 Å². The first kappa shape index (κ1) is 28.0. The number of nitrogens with one attached hydrogen (secondary N) is 2. The SMILES string of the molecule is CCCCC(CC)C(=O)NC(C(=O)N1CCN(C(=O)Nc2cccc(Cl)c2)C(C)C1)C(C)CC. The first-order chi connectivity index (χ1) is 16.2. The number of halogens is 1. The summed E-state index contributed by atoms with van der Waals surface area (Å²) < 4.78 is 0. The van der Waals surface area contributed by atoms with Gasteiger partial charge in [0.15, 0.2) is 0 Å². The Morgan fingerprint density at radius 1 is 1.15 bits per heavy atom. The van der Waals surface area contributed by atoms with E-state index in [1.54, 1.807) is 34.1 Å². The Morgan fingerprint density at radius 2 is 1.88 bits per heavy atom. The van der Waals surface area contributed by atoms with E-state index in [9.17, 15) is 14.4 Å². The van der Waals surface area contributed by atoms with Crippen LogP contribution in [-0.2, 0) is 9.59 Å². The zero-order valence-electron chi connectivity index (χ0n) is 21.3. The fourth-order valence-corrected chi connectivity index (χ4v) is 4.53. The second-order valence-electron chi connectivity index (χ2n) is 9.39. The Kier molecular flexibility index (Phi) is 11.2. The highest BCUT2D eigenvalue weighted by atomic mass is 35.5. The summed E-state index contributed by atoms with van der Waals surface area (Å²) in [5.41, 5.74) is 0.635. The molecule has 0 saturated carbocycles. The van der Waals surface area contributed by atoms with Crippen molar-refractivity contribution in [3.05, 3.63) is 29.3 Å². The maximum Gasteiger partial charge on any atom is 0.322 e. The van der Waals surface area contributed by atoms with Gasteiger partial charge in [0.05, 0.1) is 0 Å². The van der Waals surface area contributed by atoms with E-state index in [1.165, 1.54) is 0 Å². The molecule has 0 bridgehead atoms. The molecule has 0 radical (unpaired) electrons. The molecule has 190 valence electrons. The number of nitrogens with zero attached hydrogens (tertiary/aromatic N) is 2. The topological polar surface area (TPSA) is 81.8 Å². The van der Waals surface area contributed by atoms with Crippen molar-refractivity contribution in [2.45, 2.75) is 78.8 Å². The van der Waals surface area contributed by atoms with E-state index >= 15 is 0 Å². The molecule has 2 rings (SSSR count). The van der Waals surface area contributed by atoms with E-state index in [2.05, 4.69) is 17.6 Å². The van der Waals surface area contributed by atoms with E-state index in [4.69, 9.17) is 11.6 Å². The number of hydrogen-bond acceptors (Lipinski definition) is 3. The van der Waals surface area contributed by atoms with Crippen LogP contribution in [0, 0.1) is 11.8 Å². The smallest absolute Gasteiger partial charge is 0.322 e. The molecule has 0 spiro atoms. The number of urea groups is 1. The molecule has 0 aromatic heterocycles. The summed E-state index contributed by atoms with van der Waals surface area (Å²) in [6, 6.07) is 6.11. The summed E-state index contributed by atoms with van der Waals surface area (Å²) >= 11 is 6.01. The molecule has 8 heteroatoms. The third kappa shape index (κ3) is 7.62. The Bertz CT molecular complexity index is 834. The van der Waals surface area contributed by atoms with E-state index in [1.807, 2.05) is 27.7 Å². The van der Waals surface area contributed by atoms with Crippen LogP contribution in [0.3, 0.4) is 0 Å². The lowest BCUT2D eigenvalue weighted by Gasteiger charge is -2.41. The molecule has 1 aromatic rings. The zero-order valence-corrected chi connectivity index (χ0v) is 22.0. The number of hydrogen-bond donors (Lipinski definition) is 2. The van der Waals surface area contributed by atoms with Crippen molar-refractivity contribution in [2.75, 3.05) is 25.0 Å². The molecular weight excluding hydrogens is 452 g/mol. The third-order valence-electron chi connectivity index (χ3n) is 6.82. The van der Waals surface area contributed by atoms with Crippen molar-refractivity contribution < 1.29 is 14.4 Å². The van der Waals surface area contributed by atoms with Crippen molar-refractivity contribution in [1.82, 2.24) is 15.1 Å². The predicted molar refractivity (Wildman–Crippen MR) is 138 cm³/mol. The van der Waals surface area contributed by atoms with E-state index in [-0.39, 0.29) is 35.7 Å². The number of carbonyl (C=O) groups excluding carboxylic acids is 3. The van der Waals surface area contributed by atoms with Gasteiger partial charge in [0.2, 0.25) is 11.8 Å². The van der Waals surface area contributed by atoms with Gasteiger partial charge in [-0.05, 0) is 43.9 Å². The molecule has 4 amide bonds. The van der Waals surface area contributed by atoms with E-state index in [0.717, 1.165) is 32.1 Å². The van der Waals surface area contributed by atoms with E-state index < -0.39 is 6.04 Å². The van der Waals surface area contributed by atoms with Crippen LogP contribution in [0.4, 0.5) is 10.5 Å². The zero-order chi connectivity index (χ0) is 25.3. The van der Waals surface area contributed by atoms with Gasteiger partial charge in [-0.2, -0.15) is 0 Å². The van der Waals surface area contributed by atoms with Crippen LogP contribution in [0.1, 0.15) is 66.7 Å². The predicted octanol–water partition coefficient (Wildman–Crippen LogP) is 5.15. The summed E-state index contributed by atoms with van der Waals surface area (Å²) in [6.07, 6.45) is 4.46. The van der Waals surface area contributed by atoms with Gasteiger partial charge in [-0.3, -0.25) is 9.59 Å². The van der Waals surface area contributed by atoms with Gasteiger partial charge in [-0.25, -0.2) is 4.79 Å². The second-order valence-corrected chi connectivity index (χ2v) is 9.82. The van der Waals surface area contributed by atoms with Crippen LogP contribution in [0.15, 0.2) is 24.3 Å². The number of piperazine rings is 1. The number of amides is 4. The standard InChI is InChI=1S/C26H41ClN4O3/c1-6-9-11-20(8-3)24(32)29-23(18(4)7-2)25(33)30-14-15-31(19(5)17-30)26(34)28-22-13-10-12-21(27)16-22/h10,12-13,16,18-20,23H,6-9,11,14-15,17H2,1-5H3,(H,28,34)(H,29,32). The Morgan fingerprint density at radius 3 is 2.47 bits per heavy atom. The lowest BCUT2D eigenvalue weighted by molar-refractivity contribution is -0.140. The second kappa shape index (κ2) is 13.6. The summed E-state index contributed by atoms with van der Waals surface area (Å²) in [7, 11) is 0. The molecule has 7 nitrogen and oxygen atoms in total. The molecule has 2 N–H and O–H groups in total. The lowest BCUT2D eigenvalue weighted by atomic mass is 9.94. The van der Waals surface area contributed by atoms with E-state index in [0.29, 0.717) is 30.3 Å². The molecule has 4 atom stereocenters. The maximum atomic E-state index is 13.5. The van der Waals surface area contributed by atoms with Crippen molar-refractivity contribution in [1.29, 1.82) is 0 Å². The summed E-state index contributed by atoms with van der Waals surface area (Å²) in [5.74, 6) is -0.123. The number of carbonyl (C=O) groups is 3. The highest BCUT2D eigenvalue weighted by molar-refractivity contribution is 6.30. The monoisotopic (exact) mass is 492 g/mol. The highest BCUT2D eigenvalue weighted by Crippen LogP contribution is 2.20. The number of rotatable bonds is 10. The van der Waals surface area contributed by atoms with Crippen LogP contribution in [-0.4, -0.2) is 59.4 Å². The normalized spacial score (nSPS) is 18.7. The highest BCUT2D eigenvalue weighted by Gasteiger charge is 2.36. The minimum atomic E-state index is -0.549. The van der Waals surface area contributed by atoms with Gasteiger partial charge in [-0.15, -0.1) is 0 Å². The van der Waals surface area contributed by atoms with Crippen LogP contribution < -0.4 is 10.6 Å². The number of benzene rings is 1. The number of unbranched alkanes of at least 4 members (excludes halogenated alkanes) is 1. The van der Waals surface area contributed by atoms with Crippen molar-refractivity contribution in [3.63, 3.8) is 0 Å². The third-order valence-corrected chi connectivity index (χ3v) is 7.06. The summed E-state index contributed by atoms with van der Waals surface area (Å²) in [6.45, 7) is 11.4. The molecule has 1 aliphatic heterocycles. The van der Waals surface area contributed by atoms with Crippen molar-refractivity contribution in [3.8, 4) is 0 Å². The molecule has 4 unspecified atom stereocenters. The Labute approximate surface area is 209 Å². The Balaban J connectivity index is 2.02. The first-order valence-corrected chi connectivity index (χ1v) is 13.0. The van der Waals surface area contributed by atoms with Crippen molar-refractivity contribution in [2.24, 2.45) is 11.8 Å². The van der Waals surface area contributed by atoms with Gasteiger partial charge in [0.25, 0.3) is 0 Å². The first-order valence-electron chi connectivity index (χ1n) is 12.6. The summed E-state index contributed by atoms with van der Waals surface area (Å²) in [4.78, 5) is 42.8. The fourth-order valence-electron chi connectivity index (χ4n) is 4.34. The van der Waals surface area contributed by atoms with Crippen LogP contribution in [0.5, 0.6) is 0 Å². The maximum absolute atomic E-state index is 13.5. The van der Waals surface area contributed by atoms with Crippen molar-refractivity contribution >= 4 is 35.1 Å². The average Bonchev–Trinajstić information content (AvgIpc) is 2.81. The van der Waals surface area contributed by atoms with Gasteiger partial charge in [-0.1, -0.05) is 64.6 Å². The minimum absolute atomic E-state index is 0.0258. The quantitative estimate of drug-likeness (QED) is 0.473. The van der Waals surface area contributed by atoms with Crippen LogP contribution >= 0.6 is 11.6 Å². The Hall–Kier alpha value is -2.28.